The van der Waals surface area contributed by atoms with E-state index in [-0.39, 0.29) is 0 Å². The molecule has 4 nitrogen and oxygen atoms in total. The van der Waals surface area contributed by atoms with Crippen molar-refractivity contribution in [3.05, 3.63) is 53.9 Å². The van der Waals surface area contributed by atoms with Crippen molar-refractivity contribution in [1.29, 1.82) is 0 Å². The molecule has 0 fully saturated rings. The molecule has 1 aromatic carbocycles. The normalized spacial score (nSPS) is 10.4. The third-order valence-corrected chi connectivity index (χ3v) is 2.72. The van der Waals surface area contributed by atoms with Crippen molar-refractivity contribution in [2.24, 2.45) is 5.84 Å². The topological polar surface area (TPSA) is 55.9 Å². The Morgan fingerprint density at radius 1 is 1.33 bits per heavy atom. The van der Waals surface area contributed by atoms with Crippen LogP contribution in [0.3, 0.4) is 0 Å². The van der Waals surface area contributed by atoms with Crippen molar-refractivity contribution in [3.8, 4) is 11.3 Å². The molecule has 0 unspecified atom stereocenters. The molecule has 18 heavy (non-hydrogen) atoms. The lowest BCUT2D eigenvalue weighted by molar-refractivity contribution is 0.639. The van der Waals surface area contributed by atoms with Crippen LogP contribution < -0.4 is 11.3 Å². The largest absolute Gasteiger partial charge is 0.327 e. The molecule has 0 amide bonds. The summed E-state index contributed by atoms with van der Waals surface area (Å²) in [5.41, 5.74) is 7.84. The highest BCUT2D eigenvalue weighted by Gasteiger charge is 2.04. The van der Waals surface area contributed by atoms with Gasteiger partial charge in [0.15, 0.2) is 0 Å². The number of rotatable bonds is 4. The Balaban J connectivity index is 2.26. The summed E-state index contributed by atoms with van der Waals surface area (Å²) < 4.78 is 1.81. The Labute approximate surface area is 107 Å². The van der Waals surface area contributed by atoms with Gasteiger partial charge in [-0.25, -0.2) is 0 Å². The number of nitrogens with two attached hydrogens (primary N) is 1. The SMILES string of the molecule is C=C(Cn1ccc(-c2cc(C)cc(C)c2)n1)NN. The van der Waals surface area contributed by atoms with Gasteiger partial charge in [-0.05, 0) is 32.0 Å². The highest BCUT2D eigenvalue weighted by Crippen LogP contribution is 2.20. The lowest BCUT2D eigenvalue weighted by Gasteiger charge is -2.04. The van der Waals surface area contributed by atoms with Gasteiger partial charge in [-0.2, -0.15) is 5.10 Å². The van der Waals surface area contributed by atoms with E-state index in [1.165, 1.54) is 11.1 Å². The molecule has 3 N–H and O–H groups in total. The molecule has 0 radical (unpaired) electrons. The fourth-order valence-corrected chi connectivity index (χ4v) is 1.97. The molecule has 0 saturated carbocycles. The van der Waals surface area contributed by atoms with E-state index in [4.69, 9.17) is 5.84 Å². The first-order chi connectivity index (χ1) is 8.58. The van der Waals surface area contributed by atoms with Gasteiger partial charge in [0.25, 0.3) is 0 Å². The summed E-state index contributed by atoms with van der Waals surface area (Å²) in [6.07, 6.45) is 1.93. The van der Waals surface area contributed by atoms with Crippen LogP contribution >= 0.6 is 0 Å². The van der Waals surface area contributed by atoms with E-state index in [9.17, 15) is 0 Å². The summed E-state index contributed by atoms with van der Waals surface area (Å²) >= 11 is 0. The molecule has 2 rings (SSSR count). The van der Waals surface area contributed by atoms with E-state index in [0.717, 1.165) is 17.0 Å². The standard InChI is InChI=1S/C14H18N4/c1-10-6-11(2)8-13(7-10)14-4-5-18(17-14)9-12(3)16-15/h4-8,16H,3,9,15H2,1-2H3. The van der Waals surface area contributed by atoms with Crippen molar-refractivity contribution in [3.63, 3.8) is 0 Å². The molecule has 0 aliphatic carbocycles. The zero-order chi connectivity index (χ0) is 13.1. The maximum atomic E-state index is 5.29. The fraction of sp³-hybridized carbons (Fsp3) is 0.214. The molecular formula is C14H18N4. The van der Waals surface area contributed by atoms with Crippen LogP contribution in [-0.4, -0.2) is 9.78 Å². The summed E-state index contributed by atoms with van der Waals surface area (Å²) in [4.78, 5) is 0. The first-order valence-corrected chi connectivity index (χ1v) is 5.85. The minimum atomic E-state index is 0.571. The molecule has 1 heterocycles. The molecule has 0 atom stereocenters. The number of allylic oxidation sites excluding steroid dienone is 1. The maximum Gasteiger partial charge on any atom is 0.0923 e. The summed E-state index contributed by atoms with van der Waals surface area (Å²) in [6, 6.07) is 8.42. The van der Waals surface area contributed by atoms with E-state index >= 15 is 0 Å². The number of nitrogens with one attached hydrogen (secondary N) is 1. The Bertz CT molecular complexity index is 549. The molecule has 0 bridgehead atoms. The number of aromatic nitrogens is 2. The molecule has 0 aliphatic rings. The minimum absolute atomic E-state index is 0.571. The third kappa shape index (κ3) is 2.78. The van der Waals surface area contributed by atoms with Crippen molar-refractivity contribution in [2.45, 2.75) is 20.4 Å². The average molecular weight is 242 g/mol. The fourth-order valence-electron chi connectivity index (χ4n) is 1.97. The van der Waals surface area contributed by atoms with E-state index in [0.29, 0.717) is 6.54 Å². The van der Waals surface area contributed by atoms with Crippen molar-refractivity contribution in [1.82, 2.24) is 15.2 Å². The second kappa shape index (κ2) is 5.06. The zero-order valence-corrected chi connectivity index (χ0v) is 10.8. The lowest BCUT2D eigenvalue weighted by atomic mass is 10.1. The van der Waals surface area contributed by atoms with Gasteiger partial charge in [-0.3, -0.25) is 10.5 Å². The molecule has 1 aromatic heterocycles. The molecule has 2 aromatic rings. The maximum absolute atomic E-state index is 5.29. The van der Waals surface area contributed by atoms with E-state index < -0.39 is 0 Å². The van der Waals surface area contributed by atoms with Gasteiger partial charge in [-0.15, -0.1) is 0 Å². The number of benzene rings is 1. The van der Waals surface area contributed by atoms with Gasteiger partial charge in [0, 0.05) is 17.5 Å². The van der Waals surface area contributed by atoms with Gasteiger partial charge in [0.05, 0.1) is 12.2 Å². The number of nitrogens with zero attached hydrogens (tertiary/aromatic N) is 2. The minimum Gasteiger partial charge on any atom is -0.327 e. The van der Waals surface area contributed by atoms with Crippen LogP contribution in [-0.2, 0) is 6.54 Å². The summed E-state index contributed by atoms with van der Waals surface area (Å²) in [7, 11) is 0. The van der Waals surface area contributed by atoms with Crippen LogP contribution in [0.5, 0.6) is 0 Å². The van der Waals surface area contributed by atoms with E-state index in [1.807, 2.05) is 16.9 Å². The monoisotopic (exact) mass is 242 g/mol. The Kier molecular flexibility index (Phi) is 3.48. The smallest absolute Gasteiger partial charge is 0.0923 e. The van der Waals surface area contributed by atoms with Crippen molar-refractivity contribution in [2.75, 3.05) is 0 Å². The highest BCUT2D eigenvalue weighted by atomic mass is 15.3. The predicted molar refractivity (Wildman–Crippen MR) is 73.6 cm³/mol. The van der Waals surface area contributed by atoms with Gasteiger partial charge >= 0.3 is 0 Å². The lowest BCUT2D eigenvalue weighted by Crippen LogP contribution is -2.23. The Hall–Kier alpha value is -2.07. The quantitative estimate of drug-likeness (QED) is 0.638. The Morgan fingerprint density at radius 3 is 2.61 bits per heavy atom. The molecule has 4 heteroatoms. The average Bonchev–Trinajstić information content (AvgIpc) is 2.76. The predicted octanol–water partition coefficient (Wildman–Crippen LogP) is 2.14. The van der Waals surface area contributed by atoms with Crippen molar-refractivity contribution >= 4 is 0 Å². The van der Waals surface area contributed by atoms with Crippen LogP contribution in [0, 0.1) is 13.8 Å². The summed E-state index contributed by atoms with van der Waals surface area (Å²) in [5.74, 6) is 5.29. The molecule has 0 saturated heterocycles. The number of hydrogen-bond acceptors (Lipinski definition) is 3. The van der Waals surface area contributed by atoms with Crippen molar-refractivity contribution < 1.29 is 0 Å². The molecule has 0 aliphatic heterocycles. The molecule has 94 valence electrons. The second-order valence-corrected chi connectivity index (χ2v) is 4.52. The second-order valence-electron chi connectivity index (χ2n) is 4.52. The molecular weight excluding hydrogens is 224 g/mol. The zero-order valence-electron chi connectivity index (χ0n) is 10.8. The van der Waals surface area contributed by atoms with E-state index in [2.05, 4.69) is 49.1 Å². The molecule has 0 spiro atoms. The third-order valence-electron chi connectivity index (χ3n) is 2.72. The van der Waals surface area contributed by atoms with Gasteiger partial charge in [0.1, 0.15) is 0 Å². The number of aryl methyl sites for hydroxylation is 2. The number of hydrazine groups is 1. The van der Waals surface area contributed by atoms with Crippen LogP contribution in [0.15, 0.2) is 42.7 Å². The summed E-state index contributed by atoms with van der Waals surface area (Å²) in [5, 5.41) is 4.51. The Morgan fingerprint density at radius 2 is 2.00 bits per heavy atom. The van der Waals surface area contributed by atoms with Crippen LogP contribution in [0.25, 0.3) is 11.3 Å². The first-order valence-electron chi connectivity index (χ1n) is 5.85. The number of hydrogen-bond donors (Lipinski definition) is 2. The van der Waals surface area contributed by atoms with Gasteiger partial charge < -0.3 is 5.43 Å². The van der Waals surface area contributed by atoms with Crippen LogP contribution in [0.1, 0.15) is 11.1 Å². The van der Waals surface area contributed by atoms with Gasteiger partial charge in [-0.1, -0.05) is 23.8 Å². The summed E-state index contributed by atoms with van der Waals surface area (Å²) in [6.45, 7) is 8.53. The first kappa shape index (κ1) is 12.4. The van der Waals surface area contributed by atoms with Crippen LogP contribution in [0.4, 0.5) is 0 Å². The van der Waals surface area contributed by atoms with Crippen LogP contribution in [0.2, 0.25) is 0 Å². The van der Waals surface area contributed by atoms with E-state index in [1.54, 1.807) is 0 Å². The van der Waals surface area contributed by atoms with Gasteiger partial charge in [0.2, 0.25) is 0 Å². The highest BCUT2D eigenvalue weighted by molar-refractivity contribution is 5.60.